The maximum atomic E-state index is 12.6. The van der Waals surface area contributed by atoms with Crippen LogP contribution in [0.5, 0.6) is 0 Å². The van der Waals surface area contributed by atoms with Gasteiger partial charge in [0.25, 0.3) is 0 Å². The zero-order valence-corrected chi connectivity index (χ0v) is 30.1. The van der Waals surface area contributed by atoms with Gasteiger partial charge in [-0.2, -0.15) is 0 Å². The summed E-state index contributed by atoms with van der Waals surface area (Å²) in [6, 6.07) is 0. The maximum absolute atomic E-state index is 12.6. The molecule has 0 saturated carbocycles. The number of aromatic nitrogens is 6. The van der Waals surface area contributed by atoms with Crippen molar-refractivity contribution >= 4 is 29.8 Å². The first kappa shape index (κ1) is 46.9. The Balaban J connectivity index is 0.000000566. The van der Waals surface area contributed by atoms with Gasteiger partial charge in [-0.25, -0.2) is 80.1 Å². The quantitative estimate of drug-likeness (QED) is 0.0675. The van der Waals surface area contributed by atoms with Crippen molar-refractivity contribution in [1.82, 2.24) is 27.4 Å². The molecular formula is C33H40N6O17. The van der Waals surface area contributed by atoms with Crippen LogP contribution in [0, 0.1) is 0 Å². The highest BCUT2D eigenvalue weighted by Crippen LogP contribution is 1.88. The lowest BCUT2D eigenvalue weighted by molar-refractivity contribution is -0.139. The normalized spacial score (nSPS) is 10.1. The number of hydrogen-bond donors (Lipinski definition) is 1. The Morgan fingerprint density at radius 1 is 0.375 bits per heavy atom. The topological polar surface area (TPSA) is 284 Å². The van der Waals surface area contributed by atoms with E-state index in [1.165, 1.54) is 0 Å². The van der Waals surface area contributed by atoms with Gasteiger partial charge in [0.2, 0.25) is 0 Å². The first-order valence-corrected chi connectivity index (χ1v) is 16.1. The third-order valence-electron chi connectivity index (χ3n) is 6.72. The summed E-state index contributed by atoms with van der Waals surface area (Å²) in [6.07, 6.45) is 4.56. The highest BCUT2D eigenvalue weighted by Gasteiger charge is 2.18. The average Bonchev–Trinajstić information content (AvgIpc) is 3.19. The molecule has 0 aliphatic heterocycles. The van der Waals surface area contributed by atoms with Crippen LogP contribution in [0.2, 0.25) is 0 Å². The van der Waals surface area contributed by atoms with Crippen molar-refractivity contribution in [3.63, 3.8) is 0 Å². The lowest BCUT2D eigenvalue weighted by atomic mass is 10.5. The van der Waals surface area contributed by atoms with Crippen LogP contribution in [0.1, 0.15) is 0 Å². The molecule has 0 amide bonds. The molecule has 1 N–H and O–H groups in total. The summed E-state index contributed by atoms with van der Waals surface area (Å²) in [5.41, 5.74) is -5.85. The summed E-state index contributed by atoms with van der Waals surface area (Å²) in [4.78, 5) is 130. The van der Waals surface area contributed by atoms with E-state index in [4.69, 9.17) is 28.8 Å². The number of carbonyl (C=O) groups is 5. The number of hydrogen-bond acceptors (Lipinski definition) is 17. The molecule has 0 aliphatic rings. The fourth-order valence-electron chi connectivity index (χ4n) is 4.10. The van der Waals surface area contributed by atoms with Crippen LogP contribution in [0.3, 0.4) is 0 Å². The molecule has 2 heterocycles. The predicted octanol–water partition coefficient (Wildman–Crippen LogP) is -4.02. The van der Waals surface area contributed by atoms with E-state index in [0.717, 1.165) is 30.4 Å². The lowest BCUT2D eigenvalue weighted by Crippen LogP contribution is -2.55. The molecule has 23 heteroatoms. The van der Waals surface area contributed by atoms with E-state index in [0.29, 0.717) is 27.4 Å². The van der Waals surface area contributed by atoms with Gasteiger partial charge in [0.15, 0.2) is 0 Å². The van der Waals surface area contributed by atoms with Crippen LogP contribution in [0.25, 0.3) is 0 Å². The van der Waals surface area contributed by atoms with Crippen LogP contribution in [-0.4, -0.2) is 102 Å². The van der Waals surface area contributed by atoms with Crippen LogP contribution in [0.4, 0.5) is 0 Å². The summed E-state index contributed by atoms with van der Waals surface area (Å²) >= 11 is 0. The van der Waals surface area contributed by atoms with Crippen LogP contribution < -0.4 is 34.1 Å². The van der Waals surface area contributed by atoms with Crippen LogP contribution in [0.15, 0.2) is 92.0 Å². The Hall–Kier alpha value is -7.17. The molecule has 23 nitrogen and oxygen atoms in total. The van der Waals surface area contributed by atoms with Gasteiger partial charge in [0, 0.05) is 30.4 Å². The summed E-state index contributed by atoms with van der Waals surface area (Å²) in [5.74, 6) is -3.75. The monoisotopic (exact) mass is 792 g/mol. The zero-order chi connectivity index (χ0) is 42.4. The molecule has 0 spiro atoms. The maximum Gasteiger partial charge on any atom is 0.336 e. The van der Waals surface area contributed by atoms with E-state index in [9.17, 15) is 52.7 Å². The van der Waals surface area contributed by atoms with Gasteiger partial charge in [-0.05, 0) is 0 Å². The van der Waals surface area contributed by atoms with E-state index >= 15 is 0 Å². The van der Waals surface area contributed by atoms with E-state index < -0.39 is 70.6 Å². The van der Waals surface area contributed by atoms with E-state index in [1.54, 1.807) is 0 Å². The molecule has 0 radical (unpaired) electrons. The number of aliphatic hydroxyl groups excluding tert-OH is 1. The Morgan fingerprint density at radius 2 is 0.536 bits per heavy atom. The largest absolute Gasteiger partial charge is 0.461 e. The number of ether oxygens (including phenoxy) is 5. The van der Waals surface area contributed by atoms with Crippen molar-refractivity contribution in [1.29, 1.82) is 0 Å². The molecule has 0 aromatic carbocycles. The zero-order valence-electron chi connectivity index (χ0n) is 30.1. The van der Waals surface area contributed by atoms with Gasteiger partial charge in [-0.1, -0.05) is 32.9 Å². The molecule has 0 atom stereocenters. The fourth-order valence-corrected chi connectivity index (χ4v) is 4.10. The third kappa shape index (κ3) is 14.0. The molecule has 2 aromatic rings. The second kappa shape index (κ2) is 24.2. The van der Waals surface area contributed by atoms with Gasteiger partial charge < -0.3 is 28.8 Å². The van der Waals surface area contributed by atoms with Gasteiger partial charge >= 0.3 is 64.0 Å². The van der Waals surface area contributed by atoms with E-state index in [1.807, 2.05) is 0 Å². The average molecular weight is 793 g/mol. The lowest BCUT2D eigenvalue weighted by Gasteiger charge is -2.14. The third-order valence-corrected chi connectivity index (χ3v) is 6.72. The molecule has 0 aliphatic carbocycles. The molecule has 56 heavy (non-hydrogen) atoms. The smallest absolute Gasteiger partial charge is 0.336 e. The summed E-state index contributed by atoms with van der Waals surface area (Å²) in [5, 5.41) is 9.03. The Bertz CT molecular complexity index is 1960. The minimum atomic E-state index is -0.992. The Kier molecular flexibility index (Phi) is 20.3. The van der Waals surface area contributed by atoms with Gasteiger partial charge in [0.05, 0.1) is 45.9 Å². The highest BCUT2D eigenvalue weighted by atomic mass is 16.5. The molecule has 2 rings (SSSR count). The van der Waals surface area contributed by atoms with Crippen molar-refractivity contribution in [3.8, 4) is 0 Å². The standard InChI is InChI=1S/C18H21N3O9.C15H19N3O8/c1-4-13(22)28-10-7-19-16(25)20(8-11-29-14(23)5-2)18(27)21(17(19)26)9-12-30-15(24)6-3;1-3-11(20)25-9-6-17-13(22)16(5-8-19)14(23)18(15(17)24)7-10-26-12(21)4-2/h4-6H,1-3,7-12H2;3-4,19H,1-2,5-10H2. The molecule has 0 bridgehead atoms. The number of aliphatic hydroxyl groups is 1. The van der Waals surface area contributed by atoms with E-state index in [-0.39, 0.29) is 72.3 Å². The highest BCUT2D eigenvalue weighted by molar-refractivity contribution is 5.82. The van der Waals surface area contributed by atoms with E-state index in [2.05, 4.69) is 32.9 Å². The second-order valence-electron chi connectivity index (χ2n) is 10.2. The van der Waals surface area contributed by atoms with Crippen molar-refractivity contribution in [2.75, 3.05) is 39.6 Å². The molecular weight excluding hydrogens is 752 g/mol. The van der Waals surface area contributed by atoms with Gasteiger partial charge in [-0.3, -0.25) is 0 Å². The minimum absolute atomic E-state index is 0.303. The summed E-state index contributed by atoms with van der Waals surface area (Å²) in [6.45, 7) is 11.9. The second-order valence-corrected chi connectivity index (χ2v) is 10.2. The van der Waals surface area contributed by atoms with Crippen LogP contribution in [-0.2, 0) is 86.9 Å². The van der Waals surface area contributed by atoms with Crippen molar-refractivity contribution in [2.24, 2.45) is 0 Å². The number of carbonyl (C=O) groups excluding carboxylic acids is 5. The predicted molar refractivity (Wildman–Crippen MR) is 191 cm³/mol. The SMILES string of the molecule is C=CC(=O)OCCn1c(=O)n(CCO)c(=O)n(CCOC(=O)C=C)c1=O.C=CC(=O)OCCn1c(=O)n(CCOC(=O)C=C)c(=O)n(CCOC(=O)C=C)c1=O. The number of esters is 5. The molecule has 0 fully saturated rings. The van der Waals surface area contributed by atoms with Crippen molar-refractivity contribution < 1.29 is 52.8 Å². The Labute approximate surface area is 315 Å². The van der Waals surface area contributed by atoms with Crippen LogP contribution >= 0.6 is 0 Å². The van der Waals surface area contributed by atoms with Crippen molar-refractivity contribution in [2.45, 2.75) is 39.3 Å². The molecule has 304 valence electrons. The first-order chi connectivity index (χ1) is 26.6. The molecule has 2 aromatic heterocycles. The molecule has 0 saturated heterocycles. The Morgan fingerprint density at radius 3 is 0.679 bits per heavy atom. The fraction of sp³-hybridized carbons (Fsp3) is 0.364. The van der Waals surface area contributed by atoms with Gasteiger partial charge in [0.1, 0.15) is 33.0 Å². The van der Waals surface area contributed by atoms with Gasteiger partial charge in [-0.15, -0.1) is 0 Å². The van der Waals surface area contributed by atoms with Crippen molar-refractivity contribution in [3.05, 3.63) is 126 Å². The number of rotatable bonds is 22. The first-order valence-electron chi connectivity index (χ1n) is 16.1. The minimum Gasteiger partial charge on any atom is -0.461 e. The summed E-state index contributed by atoms with van der Waals surface area (Å²) in [7, 11) is 0. The summed E-state index contributed by atoms with van der Waals surface area (Å²) < 4.78 is 27.7. The molecule has 0 unspecified atom stereocenters. The number of nitrogens with zero attached hydrogens (tertiary/aromatic N) is 6.